The molecule has 1 fully saturated rings. The quantitative estimate of drug-likeness (QED) is 0.450. The van der Waals surface area contributed by atoms with Gasteiger partial charge in [0.25, 0.3) is 0 Å². The van der Waals surface area contributed by atoms with Gasteiger partial charge in [0, 0.05) is 0 Å². The van der Waals surface area contributed by atoms with Crippen molar-refractivity contribution in [1.29, 1.82) is 0 Å². The highest BCUT2D eigenvalue weighted by atomic mass is 16.5. The fourth-order valence-electron chi connectivity index (χ4n) is 1.10. The lowest BCUT2D eigenvalue weighted by molar-refractivity contribution is -0.140. The number of carbonyl (C=O) groups excluding carboxylic acids is 2. The summed E-state index contributed by atoms with van der Waals surface area (Å²) in [5.74, 6) is -1.05. The maximum Gasteiger partial charge on any atom is 0.404 e. The van der Waals surface area contributed by atoms with Crippen LogP contribution in [0.4, 0.5) is 9.59 Å². The Bertz CT molecular complexity index is 313. The van der Waals surface area contributed by atoms with Crippen LogP contribution in [0.5, 0.6) is 0 Å². The first kappa shape index (κ1) is 12.1. The number of primary amides is 1. The zero-order chi connectivity index (χ0) is 12.2. The SMILES string of the molecule is NC(=O)OCCNC(=O)NC1(C(=O)O)CC1. The van der Waals surface area contributed by atoms with Crippen LogP contribution in [-0.4, -0.2) is 41.9 Å². The summed E-state index contributed by atoms with van der Waals surface area (Å²) in [5.41, 5.74) is 3.58. The van der Waals surface area contributed by atoms with Crippen LogP contribution in [-0.2, 0) is 9.53 Å². The number of nitrogens with one attached hydrogen (secondary N) is 2. The molecular weight excluding hydrogens is 218 g/mol. The molecule has 0 atom stereocenters. The largest absolute Gasteiger partial charge is 0.480 e. The molecule has 0 saturated heterocycles. The summed E-state index contributed by atoms with van der Waals surface area (Å²) in [6.45, 7) is 0.0211. The van der Waals surface area contributed by atoms with Gasteiger partial charge in [0.2, 0.25) is 0 Å². The van der Waals surface area contributed by atoms with Gasteiger partial charge in [-0.05, 0) is 12.8 Å². The molecule has 0 heterocycles. The smallest absolute Gasteiger partial charge is 0.404 e. The fraction of sp³-hybridized carbons (Fsp3) is 0.625. The van der Waals surface area contributed by atoms with Crippen molar-refractivity contribution in [3.63, 3.8) is 0 Å². The maximum atomic E-state index is 11.2. The highest BCUT2D eigenvalue weighted by Gasteiger charge is 2.51. The molecule has 0 unspecified atom stereocenters. The molecule has 1 rings (SSSR count). The normalized spacial score (nSPS) is 16.0. The number of amides is 3. The number of urea groups is 1. The molecule has 0 aliphatic heterocycles. The average molecular weight is 231 g/mol. The molecule has 1 aliphatic carbocycles. The molecule has 0 aromatic carbocycles. The van der Waals surface area contributed by atoms with Crippen molar-refractivity contribution in [1.82, 2.24) is 10.6 Å². The summed E-state index contributed by atoms with van der Waals surface area (Å²) in [7, 11) is 0. The summed E-state index contributed by atoms with van der Waals surface area (Å²) < 4.78 is 4.37. The second kappa shape index (κ2) is 4.69. The van der Waals surface area contributed by atoms with E-state index in [-0.39, 0.29) is 13.2 Å². The molecular formula is C8H13N3O5. The third-order valence-electron chi connectivity index (χ3n) is 2.14. The minimum atomic E-state index is -1.12. The van der Waals surface area contributed by atoms with Crippen LogP contribution in [0.25, 0.3) is 0 Å². The highest BCUT2D eigenvalue weighted by Crippen LogP contribution is 2.35. The van der Waals surface area contributed by atoms with Gasteiger partial charge in [0.15, 0.2) is 0 Å². The van der Waals surface area contributed by atoms with Crippen molar-refractivity contribution in [3.8, 4) is 0 Å². The summed E-state index contributed by atoms with van der Waals surface area (Å²) >= 11 is 0. The van der Waals surface area contributed by atoms with E-state index in [4.69, 9.17) is 10.8 Å². The number of nitrogens with two attached hydrogens (primary N) is 1. The van der Waals surface area contributed by atoms with Gasteiger partial charge in [0.1, 0.15) is 12.1 Å². The summed E-state index contributed by atoms with van der Waals surface area (Å²) in [6, 6.07) is -0.604. The molecule has 1 saturated carbocycles. The van der Waals surface area contributed by atoms with E-state index < -0.39 is 23.6 Å². The Morgan fingerprint density at radius 3 is 2.44 bits per heavy atom. The van der Waals surface area contributed by atoms with Crippen LogP contribution in [0.1, 0.15) is 12.8 Å². The van der Waals surface area contributed by atoms with E-state index in [2.05, 4.69) is 15.4 Å². The molecule has 0 spiro atoms. The summed E-state index contributed by atoms with van der Waals surface area (Å²) in [4.78, 5) is 32.1. The van der Waals surface area contributed by atoms with E-state index in [1.807, 2.05) is 0 Å². The molecule has 16 heavy (non-hydrogen) atoms. The van der Waals surface area contributed by atoms with Gasteiger partial charge in [-0.2, -0.15) is 0 Å². The lowest BCUT2D eigenvalue weighted by Crippen LogP contribution is -2.48. The molecule has 5 N–H and O–H groups in total. The topological polar surface area (TPSA) is 131 Å². The first-order chi connectivity index (χ1) is 7.46. The van der Waals surface area contributed by atoms with E-state index in [1.54, 1.807) is 0 Å². The van der Waals surface area contributed by atoms with Gasteiger partial charge in [0.05, 0.1) is 6.54 Å². The standard InChI is InChI=1S/C8H13N3O5/c9-6(14)16-4-3-10-7(15)11-8(1-2-8)5(12)13/h1-4H2,(H2,9,14)(H,12,13)(H2,10,11,15). The zero-order valence-corrected chi connectivity index (χ0v) is 8.49. The van der Waals surface area contributed by atoms with Crippen molar-refractivity contribution in [2.75, 3.05) is 13.2 Å². The van der Waals surface area contributed by atoms with Crippen LogP contribution in [0.15, 0.2) is 0 Å². The first-order valence-electron chi connectivity index (χ1n) is 4.68. The summed E-state index contributed by atoms with van der Waals surface area (Å²) in [5, 5.41) is 13.4. The van der Waals surface area contributed by atoms with Crippen LogP contribution < -0.4 is 16.4 Å². The van der Waals surface area contributed by atoms with Crippen molar-refractivity contribution < 1.29 is 24.2 Å². The second-order valence-corrected chi connectivity index (χ2v) is 3.44. The van der Waals surface area contributed by atoms with Crippen molar-refractivity contribution in [2.45, 2.75) is 18.4 Å². The number of carboxylic acids is 1. The third kappa shape index (κ3) is 3.30. The lowest BCUT2D eigenvalue weighted by Gasteiger charge is -2.13. The molecule has 90 valence electrons. The third-order valence-corrected chi connectivity index (χ3v) is 2.14. The second-order valence-electron chi connectivity index (χ2n) is 3.44. The fourth-order valence-corrected chi connectivity index (χ4v) is 1.10. The van der Waals surface area contributed by atoms with Crippen LogP contribution in [0, 0.1) is 0 Å². The number of hydrogen-bond donors (Lipinski definition) is 4. The van der Waals surface area contributed by atoms with E-state index in [0.717, 1.165) is 0 Å². The molecule has 0 radical (unpaired) electrons. The average Bonchev–Trinajstić information content (AvgIpc) is 2.93. The summed E-state index contributed by atoms with van der Waals surface area (Å²) in [6.07, 6.45) is -0.0763. The van der Waals surface area contributed by atoms with Crippen molar-refractivity contribution in [3.05, 3.63) is 0 Å². The Hall–Kier alpha value is -1.99. The van der Waals surface area contributed by atoms with Gasteiger partial charge in [-0.25, -0.2) is 14.4 Å². The highest BCUT2D eigenvalue weighted by molar-refractivity contribution is 5.88. The number of rotatable bonds is 5. The van der Waals surface area contributed by atoms with E-state index in [1.165, 1.54) is 0 Å². The van der Waals surface area contributed by atoms with Gasteiger partial charge < -0.3 is 26.2 Å². The van der Waals surface area contributed by atoms with E-state index in [0.29, 0.717) is 12.8 Å². The van der Waals surface area contributed by atoms with Crippen molar-refractivity contribution in [2.24, 2.45) is 5.73 Å². The minimum Gasteiger partial charge on any atom is -0.480 e. The molecule has 0 aromatic heterocycles. The zero-order valence-electron chi connectivity index (χ0n) is 8.49. The molecule has 0 bridgehead atoms. The van der Waals surface area contributed by atoms with Crippen molar-refractivity contribution >= 4 is 18.1 Å². The van der Waals surface area contributed by atoms with E-state index >= 15 is 0 Å². The number of aliphatic carboxylic acids is 1. The van der Waals surface area contributed by atoms with Crippen LogP contribution >= 0.6 is 0 Å². The number of carboxylic acid groups (broad SMARTS) is 1. The molecule has 8 heteroatoms. The van der Waals surface area contributed by atoms with Crippen LogP contribution in [0.2, 0.25) is 0 Å². The Morgan fingerprint density at radius 2 is 2.00 bits per heavy atom. The monoisotopic (exact) mass is 231 g/mol. The Labute approximate surface area is 91.1 Å². The maximum absolute atomic E-state index is 11.2. The van der Waals surface area contributed by atoms with Gasteiger partial charge in [-0.3, -0.25) is 0 Å². The predicted octanol–water partition coefficient (Wildman–Crippen LogP) is -1.00. The van der Waals surface area contributed by atoms with Gasteiger partial charge >= 0.3 is 18.1 Å². The molecule has 0 aromatic rings. The van der Waals surface area contributed by atoms with Gasteiger partial charge in [-0.1, -0.05) is 0 Å². The number of carbonyl (C=O) groups is 3. The Balaban J connectivity index is 2.17. The Morgan fingerprint density at radius 1 is 1.38 bits per heavy atom. The number of hydrogen-bond acceptors (Lipinski definition) is 4. The van der Waals surface area contributed by atoms with E-state index in [9.17, 15) is 14.4 Å². The van der Waals surface area contributed by atoms with Crippen LogP contribution in [0.3, 0.4) is 0 Å². The van der Waals surface area contributed by atoms with Gasteiger partial charge in [-0.15, -0.1) is 0 Å². The predicted molar refractivity (Wildman–Crippen MR) is 51.7 cm³/mol. The number of ether oxygens (including phenoxy) is 1. The molecule has 8 nitrogen and oxygen atoms in total. The Kier molecular flexibility index (Phi) is 3.54. The minimum absolute atomic E-state index is 0.0528. The lowest BCUT2D eigenvalue weighted by atomic mass is 10.3. The molecule has 3 amide bonds. The molecule has 1 aliphatic rings. The first-order valence-corrected chi connectivity index (χ1v) is 4.68.